The lowest BCUT2D eigenvalue weighted by Crippen LogP contribution is -2.13. The molecule has 2 rings (SSSR count). The van der Waals surface area contributed by atoms with Crippen molar-refractivity contribution in [2.24, 2.45) is 0 Å². The number of rotatable bonds is 4. The lowest BCUT2D eigenvalue weighted by atomic mass is 10.1. The molecule has 20 heavy (non-hydrogen) atoms. The summed E-state index contributed by atoms with van der Waals surface area (Å²) >= 11 is 0. The van der Waals surface area contributed by atoms with E-state index in [0.29, 0.717) is 12.1 Å². The highest BCUT2D eigenvalue weighted by Gasteiger charge is 2.14. The summed E-state index contributed by atoms with van der Waals surface area (Å²) in [5, 5.41) is 15.0. The molecule has 5 nitrogen and oxygen atoms in total. The molecular weight excluding hydrogens is 256 g/mol. The summed E-state index contributed by atoms with van der Waals surface area (Å²) in [5.74, 6) is -0.697. The fraction of sp³-hybridized carbons (Fsp3) is 0.0667. The van der Waals surface area contributed by atoms with E-state index in [-0.39, 0.29) is 17.0 Å². The second-order valence-electron chi connectivity index (χ2n) is 4.23. The molecule has 2 amide bonds. The maximum Gasteiger partial charge on any atom is 0.259 e. The number of nitrogens with one attached hydrogen (secondary N) is 2. The molecule has 0 atom stereocenters. The van der Waals surface area contributed by atoms with Crippen molar-refractivity contribution in [2.75, 3.05) is 10.6 Å². The van der Waals surface area contributed by atoms with Crippen LogP contribution in [0.3, 0.4) is 0 Å². The van der Waals surface area contributed by atoms with Gasteiger partial charge in [0.25, 0.3) is 5.91 Å². The largest absolute Gasteiger partial charge is 0.505 e. The minimum Gasteiger partial charge on any atom is -0.505 e. The average molecular weight is 270 g/mol. The topological polar surface area (TPSA) is 78.4 Å². The predicted molar refractivity (Wildman–Crippen MR) is 76.9 cm³/mol. The number of phenols is 1. The van der Waals surface area contributed by atoms with Crippen molar-refractivity contribution in [2.45, 2.75) is 6.92 Å². The van der Waals surface area contributed by atoms with Gasteiger partial charge in [-0.05, 0) is 30.7 Å². The maximum atomic E-state index is 12.2. The van der Waals surface area contributed by atoms with Gasteiger partial charge in [-0.15, -0.1) is 0 Å². The molecule has 0 saturated carbocycles. The van der Waals surface area contributed by atoms with Gasteiger partial charge in [-0.3, -0.25) is 9.59 Å². The third-order valence-corrected chi connectivity index (χ3v) is 2.89. The van der Waals surface area contributed by atoms with Crippen molar-refractivity contribution in [1.82, 2.24) is 0 Å². The van der Waals surface area contributed by atoms with Crippen LogP contribution in [0.1, 0.15) is 15.9 Å². The Kier molecular flexibility index (Phi) is 4.00. The second kappa shape index (κ2) is 5.88. The third-order valence-electron chi connectivity index (χ3n) is 2.89. The highest BCUT2D eigenvalue weighted by molar-refractivity contribution is 6.07. The van der Waals surface area contributed by atoms with Crippen LogP contribution in [0.5, 0.6) is 5.75 Å². The maximum absolute atomic E-state index is 12.2. The van der Waals surface area contributed by atoms with Gasteiger partial charge in [-0.2, -0.15) is 0 Å². The summed E-state index contributed by atoms with van der Waals surface area (Å²) in [6.45, 7) is 1.87. The van der Waals surface area contributed by atoms with Gasteiger partial charge in [-0.1, -0.05) is 24.3 Å². The van der Waals surface area contributed by atoms with Crippen molar-refractivity contribution in [3.05, 3.63) is 53.6 Å². The van der Waals surface area contributed by atoms with Gasteiger partial charge in [0.1, 0.15) is 0 Å². The molecule has 0 spiro atoms. The normalized spacial score (nSPS) is 9.85. The molecule has 2 aromatic carbocycles. The number of aryl methyl sites for hydroxylation is 1. The molecule has 102 valence electrons. The number of anilines is 2. The number of carbonyl (C=O) groups excluding carboxylic acids is 2. The van der Waals surface area contributed by atoms with Crippen LogP contribution in [0.2, 0.25) is 0 Å². The fourth-order valence-corrected chi connectivity index (χ4v) is 1.81. The Morgan fingerprint density at radius 3 is 2.50 bits per heavy atom. The molecule has 0 saturated heterocycles. The van der Waals surface area contributed by atoms with Gasteiger partial charge in [0.15, 0.2) is 5.75 Å². The van der Waals surface area contributed by atoms with E-state index in [2.05, 4.69) is 10.6 Å². The molecule has 0 bridgehead atoms. The third kappa shape index (κ3) is 2.77. The van der Waals surface area contributed by atoms with Crippen LogP contribution in [0.4, 0.5) is 11.4 Å². The number of hydrogen-bond donors (Lipinski definition) is 3. The highest BCUT2D eigenvalue weighted by Crippen LogP contribution is 2.28. The molecule has 0 aromatic heterocycles. The van der Waals surface area contributed by atoms with Crippen LogP contribution in [0.25, 0.3) is 0 Å². The molecule has 5 heteroatoms. The smallest absolute Gasteiger partial charge is 0.259 e. The molecule has 0 unspecified atom stereocenters. The van der Waals surface area contributed by atoms with E-state index in [1.54, 1.807) is 12.1 Å². The molecule has 0 radical (unpaired) electrons. The van der Waals surface area contributed by atoms with Crippen LogP contribution in [0.15, 0.2) is 42.5 Å². The Hall–Kier alpha value is -2.82. The number of hydrogen-bond acceptors (Lipinski definition) is 3. The van der Waals surface area contributed by atoms with Gasteiger partial charge in [0.2, 0.25) is 6.41 Å². The Balaban J connectivity index is 2.28. The lowest BCUT2D eigenvalue weighted by Gasteiger charge is -2.11. The first-order valence-electron chi connectivity index (χ1n) is 6.02. The van der Waals surface area contributed by atoms with Crippen LogP contribution >= 0.6 is 0 Å². The average Bonchev–Trinajstić information content (AvgIpc) is 2.44. The number of aromatic hydroxyl groups is 1. The molecule has 0 heterocycles. The first-order chi connectivity index (χ1) is 9.63. The number of benzene rings is 2. The lowest BCUT2D eigenvalue weighted by molar-refractivity contribution is -0.105. The van der Waals surface area contributed by atoms with E-state index in [1.165, 1.54) is 12.1 Å². The molecule has 2 aromatic rings. The van der Waals surface area contributed by atoms with Crippen molar-refractivity contribution in [3.63, 3.8) is 0 Å². The summed E-state index contributed by atoms with van der Waals surface area (Å²) in [7, 11) is 0. The van der Waals surface area contributed by atoms with E-state index < -0.39 is 5.91 Å². The van der Waals surface area contributed by atoms with E-state index >= 15 is 0 Å². The SMILES string of the molecule is Cc1ccccc1NC(=O)c1cccc(NC=O)c1O. The predicted octanol–water partition coefficient (Wildman–Crippen LogP) is 2.52. The summed E-state index contributed by atoms with van der Waals surface area (Å²) in [6, 6.07) is 11.9. The number of phenolic OH excluding ortho intramolecular Hbond substituents is 1. The first kappa shape index (κ1) is 13.6. The van der Waals surface area contributed by atoms with Gasteiger partial charge < -0.3 is 15.7 Å². The van der Waals surface area contributed by atoms with Crippen molar-refractivity contribution < 1.29 is 14.7 Å². The van der Waals surface area contributed by atoms with E-state index in [0.717, 1.165) is 5.56 Å². The van der Waals surface area contributed by atoms with Crippen LogP contribution in [-0.4, -0.2) is 17.4 Å². The second-order valence-corrected chi connectivity index (χ2v) is 4.23. The zero-order chi connectivity index (χ0) is 14.5. The number of para-hydroxylation sites is 2. The molecule has 0 aliphatic carbocycles. The van der Waals surface area contributed by atoms with Crippen molar-refractivity contribution >= 4 is 23.7 Å². The van der Waals surface area contributed by atoms with E-state index in [4.69, 9.17) is 0 Å². The molecule has 0 fully saturated rings. The number of amides is 2. The number of carbonyl (C=O) groups is 2. The Labute approximate surface area is 116 Å². The Morgan fingerprint density at radius 1 is 1.10 bits per heavy atom. The standard InChI is InChI=1S/C15H14N2O3/c1-10-5-2-3-7-12(10)17-15(20)11-6-4-8-13(14(11)19)16-9-18/h2-9,19H,1H3,(H,16,18)(H,17,20). The molecule has 0 aliphatic heterocycles. The van der Waals surface area contributed by atoms with Gasteiger partial charge in [0, 0.05) is 5.69 Å². The van der Waals surface area contributed by atoms with Gasteiger partial charge >= 0.3 is 0 Å². The van der Waals surface area contributed by atoms with E-state index in [1.807, 2.05) is 25.1 Å². The summed E-state index contributed by atoms with van der Waals surface area (Å²) < 4.78 is 0. The monoisotopic (exact) mass is 270 g/mol. The van der Waals surface area contributed by atoms with Crippen LogP contribution in [-0.2, 0) is 4.79 Å². The minimum atomic E-state index is -0.439. The molecule has 3 N–H and O–H groups in total. The van der Waals surface area contributed by atoms with E-state index in [9.17, 15) is 14.7 Å². The Bertz CT molecular complexity index is 653. The quantitative estimate of drug-likeness (QED) is 0.590. The minimum absolute atomic E-state index is 0.0973. The summed E-state index contributed by atoms with van der Waals surface area (Å²) in [5.41, 5.74) is 1.88. The van der Waals surface area contributed by atoms with Gasteiger partial charge in [0.05, 0.1) is 11.3 Å². The zero-order valence-corrected chi connectivity index (χ0v) is 10.9. The fourth-order valence-electron chi connectivity index (χ4n) is 1.81. The van der Waals surface area contributed by atoms with Crippen molar-refractivity contribution in [3.8, 4) is 5.75 Å². The first-order valence-corrected chi connectivity index (χ1v) is 6.02. The summed E-state index contributed by atoms with van der Waals surface area (Å²) in [6.07, 6.45) is 0.443. The van der Waals surface area contributed by atoms with Crippen LogP contribution < -0.4 is 10.6 Å². The van der Waals surface area contributed by atoms with Crippen LogP contribution in [0, 0.1) is 6.92 Å². The van der Waals surface area contributed by atoms with Crippen molar-refractivity contribution in [1.29, 1.82) is 0 Å². The zero-order valence-electron chi connectivity index (χ0n) is 10.9. The molecular formula is C15H14N2O3. The summed E-state index contributed by atoms with van der Waals surface area (Å²) in [4.78, 5) is 22.6. The molecule has 0 aliphatic rings. The highest BCUT2D eigenvalue weighted by atomic mass is 16.3. The van der Waals surface area contributed by atoms with Gasteiger partial charge in [-0.25, -0.2) is 0 Å². The Morgan fingerprint density at radius 2 is 1.80 bits per heavy atom.